The average molecular weight is 546 g/mol. The Hall–Kier alpha value is -1.78. The number of halogens is 1. The van der Waals surface area contributed by atoms with E-state index in [1.54, 1.807) is 19.0 Å². The third-order valence-corrected chi connectivity index (χ3v) is 5.23. The van der Waals surface area contributed by atoms with Crippen LogP contribution in [-0.2, 0) is 4.74 Å². The summed E-state index contributed by atoms with van der Waals surface area (Å²) in [6.45, 7) is 10.3. The second-order valence-corrected chi connectivity index (χ2v) is 8.82. The highest BCUT2D eigenvalue weighted by molar-refractivity contribution is 14.0. The van der Waals surface area contributed by atoms with Crippen LogP contribution in [0.2, 0.25) is 0 Å². The minimum Gasteiger partial charge on any atom is -0.444 e. The molecule has 31 heavy (non-hydrogen) atoms. The van der Waals surface area contributed by atoms with E-state index in [9.17, 15) is 4.79 Å². The largest absolute Gasteiger partial charge is 0.444 e. The lowest BCUT2D eigenvalue weighted by atomic mass is 10.1. The fourth-order valence-corrected chi connectivity index (χ4v) is 3.29. The van der Waals surface area contributed by atoms with Gasteiger partial charge < -0.3 is 25.2 Å². The molecule has 0 aliphatic carbocycles. The average Bonchev–Trinajstić information content (AvgIpc) is 2.72. The summed E-state index contributed by atoms with van der Waals surface area (Å²) in [7, 11) is 3.57. The number of hydrogen-bond acceptors (Lipinski definition) is 5. The number of guanidine groups is 1. The number of carbonyl (C=O) groups excluding carboxylic acids is 1. The van der Waals surface area contributed by atoms with Crippen molar-refractivity contribution < 1.29 is 9.53 Å². The topological polar surface area (TPSA) is 82.1 Å². The first-order valence-corrected chi connectivity index (χ1v) is 10.8. The maximum absolute atomic E-state index is 12.2. The predicted octanol–water partition coefficient (Wildman–Crippen LogP) is 3.48. The van der Waals surface area contributed by atoms with Crippen LogP contribution in [0.25, 0.3) is 0 Å². The molecule has 1 atom stereocenters. The molecule has 1 aromatic rings. The molecule has 0 aromatic carbocycles. The van der Waals surface area contributed by atoms with Gasteiger partial charge in [0.05, 0.1) is 0 Å². The van der Waals surface area contributed by atoms with Crippen LogP contribution in [0.15, 0.2) is 29.4 Å². The number of carbonyl (C=O) groups is 1. The van der Waals surface area contributed by atoms with Gasteiger partial charge in [-0.1, -0.05) is 6.07 Å². The maximum atomic E-state index is 12.2. The van der Waals surface area contributed by atoms with Gasteiger partial charge in [-0.2, -0.15) is 0 Å². The smallest absolute Gasteiger partial charge is 0.410 e. The Morgan fingerprint density at radius 2 is 2.03 bits per heavy atom. The lowest BCUT2D eigenvalue weighted by molar-refractivity contribution is 0.0230. The number of pyridine rings is 1. The quantitative estimate of drug-likeness (QED) is 0.323. The second-order valence-electron chi connectivity index (χ2n) is 8.82. The summed E-state index contributed by atoms with van der Waals surface area (Å²) < 4.78 is 5.43. The Kier molecular flexibility index (Phi) is 11.4. The molecule has 1 aliphatic heterocycles. The van der Waals surface area contributed by atoms with Gasteiger partial charge in [0.15, 0.2) is 5.96 Å². The highest BCUT2D eigenvalue weighted by atomic mass is 127. The van der Waals surface area contributed by atoms with E-state index in [1.165, 1.54) is 0 Å². The van der Waals surface area contributed by atoms with Crippen LogP contribution in [0.3, 0.4) is 0 Å². The van der Waals surface area contributed by atoms with Crippen molar-refractivity contribution in [1.29, 1.82) is 0 Å². The van der Waals surface area contributed by atoms with Gasteiger partial charge in [0, 0.05) is 52.0 Å². The van der Waals surface area contributed by atoms with Crippen LogP contribution in [-0.4, -0.2) is 73.4 Å². The van der Waals surface area contributed by atoms with Crippen molar-refractivity contribution in [3.63, 3.8) is 0 Å². The Morgan fingerprint density at radius 1 is 1.35 bits per heavy atom. The third-order valence-electron chi connectivity index (χ3n) is 5.23. The molecule has 2 heterocycles. The van der Waals surface area contributed by atoms with Crippen molar-refractivity contribution in [3.8, 4) is 0 Å². The van der Waals surface area contributed by atoms with E-state index < -0.39 is 5.60 Å². The van der Waals surface area contributed by atoms with E-state index in [-0.39, 0.29) is 36.1 Å². The zero-order valence-corrected chi connectivity index (χ0v) is 22.1. The first kappa shape index (κ1) is 27.3. The maximum Gasteiger partial charge on any atom is 0.410 e. The van der Waals surface area contributed by atoms with Crippen LogP contribution in [0.1, 0.15) is 47.0 Å². The number of hydrogen-bond donors (Lipinski definition) is 2. The molecule has 0 saturated carbocycles. The second kappa shape index (κ2) is 12.9. The van der Waals surface area contributed by atoms with Gasteiger partial charge in [-0.3, -0.25) is 4.99 Å². The zero-order valence-electron chi connectivity index (χ0n) is 19.7. The standard InChI is InChI=1S/C22H38N6O2.HI/c1-17(27(6)21(29)30-22(2,3)4)10-14-25-20(23-5)26-18-11-15-28(16-12-18)19-9-7-8-13-24-19;/h7-9,13,17-18H,10-12,14-16H2,1-6H3,(H2,23,25,26);1H. The third kappa shape index (κ3) is 9.49. The summed E-state index contributed by atoms with van der Waals surface area (Å²) in [5, 5.41) is 6.89. The molecule has 0 bridgehead atoms. The molecule has 9 heteroatoms. The molecule has 176 valence electrons. The molecule has 8 nitrogen and oxygen atoms in total. The molecule has 1 unspecified atom stereocenters. The Bertz CT molecular complexity index is 687. The van der Waals surface area contributed by atoms with Crippen LogP contribution >= 0.6 is 24.0 Å². The molecular formula is C22H39IN6O2. The summed E-state index contributed by atoms with van der Waals surface area (Å²) >= 11 is 0. The summed E-state index contributed by atoms with van der Waals surface area (Å²) in [4.78, 5) is 24.9. The van der Waals surface area contributed by atoms with Gasteiger partial charge in [-0.15, -0.1) is 24.0 Å². The minimum atomic E-state index is -0.485. The van der Waals surface area contributed by atoms with Gasteiger partial charge in [0.1, 0.15) is 11.4 Å². The Balaban J connectivity index is 0.00000480. The van der Waals surface area contributed by atoms with Gasteiger partial charge in [-0.25, -0.2) is 9.78 Å². The van der Waals surface area contributed by atoms with Crippen molar-refractivity contribution in [2.24, 2.45) is 4.99 Å². The monoisotopic (exact) mass is 546 g/mol. The van der Waals surface area contributed by atoms with Crippen LogP contribution in [0.5, 0.6) is 0 Å². The van der Waals surface area contributed by atoms with Crippen molar-refractivity contribution in [2.75, 3.05) is 38.6 Å². The number of aliphatic imine (C=N–C) groups is 1. The fraction of sp³-hybridized carbons (Fsp3) is 0.682. The molecule has 2 N–H and O–H groups in total. The minimum absolute atomic E-state index is 0. The zero-order chi connectivity index (χ0) is 22.1. The lowest BCUT2D eigenvalue weighted by Gasteiger charge is -2.34. The van der Waals surface area contributed by atoms with Crippen molar-refractivity contribution in [3.05, 3.63) is 24.4 Å². The van der Waals surface area contributed by atoms with E-state index in [0.717, 1.165) is 50.7 Å². The molecule has 0 spiro atoms. The van der Waals surface area contributed by atoms with Crippen LogP contribution in [0.4, 0.5) is 10.6 Å². The molecule has 1 aliphatic rings. The molecule has 1 fully saturated rings. The van der Waals surface area contributed by atoms with E-state index in [1.807, 2.05) is 46.0 Å². The van der Waals surface area contributed by atoms with Gasteiger partial charge >= 0.3 is 6.09 Å². The molecule has 1 aromatic heterocycles. The fourth-order valence-electron chi connectivity index (χ4n) is 3.29. The SMILES string of the molecule is CN=C(NCCC(C)N(C)C(=O)OC(C)(C)C)NC1CCN(c2ccccn2)CC1.I. The van der Waals surface area contributed by atoms with Crippen molar-refractivity contribution in [2.45, 2.75) is 64.6 Å². The summed E-state index contributed by atoms with van der Waals surface area (Å²) in [6, 6.07) is 6.48. The number of anilines is 1. The van der Waals surface area contributed by atoms with Crippen LogP contribution in [0, 0.1) is 0 Å². The Morgan fingerprint density at radius 3 is 2.58 bits per heavy atom. The van der Waals surface area contributed by atoms with Crippen LogP contribution < -0.4 is 15.5 Å². The molecular weight excluding hydrogens is 507 g/mol. The summed E-state index contributed by atoms with van der Waals surface area (Å²) in [5.41, 5.74) is -0.485. The van der Waals surface area contributed by atoms with Gasteiger partial charge in [-0.05, 0) is 59.1 Å². The highest BCUT2D eigenvalue weighted by Crippen LogP contribution is 2.17. The van der Waals surface area contributed by atoms with Crippen molar-refractivity contribution >= 4 is 41.8 Å². The molecule has 0 radical (unpaired) electrons. The first-order chi connectivity index (χ1) is 14.2. The predicted molar refractivity (Wildman–Crippen MR) is 137 cm³/mol. The Labute approximate surface area is 204 Å². The molecule has 1 saturated heterocycles. The lowest BCUT2D eigenvalue weighted by Crippen LogP contribution is -2.49. The van der Waals surface area contributed by atoms with E-state index in [0.29, 0.717) is 6.04 Å². The van der Waals surface area contributed by atoms with Gasteiger partial charge in [0.25, 0.3) is 0 Å². The number of aromatic nitrogens is 1. The number of rotatable bonds is 6. The number of nitrogens with zero attached hydrogens (tertiary/aromatic N) is 4. The summed E-state index contributed by atoms with van der Waals surface area (Å²) in [5.74, 6) is 1.85. The summed E-state index contributed by atoms with van der Waals surface area (Å²) in [6.07, 6.45) is 4.42. The number of nitrogens with one attached hydrogen (secondary N) is 2. The van der Waals surface area contributed by atoms with E-state index in [2.05, 4.69) is 31.6 Å². The van der Waals surface area contributed by atoms with E-state index in [4.69, 9.17) is 4.74 Å². The number of ether oxygens (including phenoxy) is 1. The highest BCUT2D eigenvalue weighted by Gasteiger charge is 2.23. The molecule has 2 rings (SSSR count). The molecule has 1 amide bonds. The van der Waals surface area contributed by atoms with E-state index >= 15 is 0 Å². The van der Waals surface area contributed by atoms with Gasteiger partial charge in [0.2, 0.25) is 0 Å². The first-order valence-electron chi connectivity index (χ1n) is 10.8. The van der Waals surface area contributed by atoms with Crippen molar-refractivity contribution in [1.82, 2.24) is 20.5 Å². The normalized spacial score (nSPS) is 16.2. The number of piperidine rings is 1. The number of amides is 1.